The minimum Gasteiger partial charge on any atom is -0.339 e. The third-order valence-electron chi connectivity index (χ3n) is 4.58. The van der Waals surface area contributed by atoms with Crippen molar-refractivity contribution in [2.24, 2.45) is 0 Å². The quantitative estimate of drug-likeness (QED) is 0.753. The van der Waals surface area contributed by atoms with Crippen molar-refractivity contribution in [2.45, 2.75) is 12.8 Å². The van der Waals surface area contributed by atoms with Crippen molar-refractivity contribution < 1.29 is 9.18 Å². The van der Waals surface area contributed by atoms with Crippen molar-refractivity contribution in [1.29, 1.82) is 0 Å². The fourth-order valence-corrected chi connectivity index (χ4v) is 3.15. The van der Waals surface area contributed by atoms with E-state index in [0.717, 1.165) is 37.2 Å². The van der Waals surface area contributed by atoms with Crippen molar-refractivity contribution in [3.63, 3.8) is 0 Å². The zero-order valence-corrected chi connectivity index (χ0v) is 14.7. The lowest BCUT2D eigenvalue weighted by Gasteiger charge is -2.15. The number of halogens is 1. The highest BCUT2D eigenvalue weighted by molar-refractivity contribution is 5.95. The lowest BCUT2D eigenvalue weighted by Crippen LogP contribution is -2.27. The fraction of sp³-hybridized carbons (Fsp3) is 0.190. The predicted octanol–water partition coefficient (Wildman–Crippen LogP) is 4.26. The van der Waals surface area contributed by atoms with E-state index in [1.54, 1.807) is 18.2 Å². The molecule has 5 nitrogen and oxygen atoms in total. The summed E-state index contributed by atoms with van der Waals surface area (Å²) in [4.78, 5) is 14.4. The molecule has 2 aromatic carbocycles. The first kappa shape index (κ1) is 17.1. The molecule has 27 heavy (non-hydrogen) atoms. The minimum absolute atomic E-state index is 0.0638. The number of benzene rings is 2. The molecule has 0 saturated carbocycles. The van der Waals surface area contributed by atoms with Crippen molar-refractivity contribution >= 4 is 17.4 Å². The second kappa shape index (κ2) is 7.53. The van der Waals surface area contributed by atoms with Gasteiger partial charge in [-0.15, -0.1) is 10.2 Å². The average molecular weight is 362 g/mol. The second-order valence-corrected chi connectivity index (χ2v) is 6.52. The highest BCUT2D eigenvalue weighted by Gasteiger charge is 2.19. The van der Waals surface area contributed by atoms with Gasteiger partial charge in [-0.2, -0.15) is 0 Å². The number of hydrogen-bond donors (Lipinski definition) is 1. The summed E-state index contributed by atoms with van der Waals surface area (Å²) in [5.74, 6) is 0.355. The number of nitrogens with one attached hydrogen (secondary N) is 1. The lowest BCUT2D eigenvalue weighted by molar-refractivity contribution is 0.0793. The first-order valence-electron chi connectivity index (χ1n) is 8.95. The van der Waals surface area contributed by atoms with Crippen molar-refractivity contribution in [3.8, 4) is 11.3 Å². The SMILES string of the molecule is O=C(c1cccc(Nc2ccc(-c3ccc(F)cc3)nn2)c1)N1CCCC1. The van der Waals surface area contributed by atoms with Crippen LogP contribution in [0.25, 0.3) is 11.3 Å². The van der Waals surface area contributed by atoms with Gasteiger partial charge in [0.2, 0.25) is 0 Å². The Morgan fingerprint density at radius 1 is 0.963 bits per heavy atom. The van der Waals surface area contributed by atoms with Crippen LogP contribution in [0.3, 0.4) is 0 Å². The number of anilines is 2. The highest BCUT2D eigenvalue weighted by Crippen LogP contribution is 2.21. The number of amides is 1. The summed E-state index contributed by atoms with van der Waals surface area (Å²) < 4.78 is 13.0. The minimum atomic E-state index is -0.284. The molecule has 1 aromatic heterocycles. The molecule has 6 heteroatoms. The van der Waals surface area contributed by atoms with E-state index in [9.17, 15) is 9.18 Å². The van der Waals surface area contributed by atoms with E-state index in [0.29, 0.717) is 17.1 Å². The maximum absolute atomic E-state index is 13.0. The Kier molecular flexibility index (Phi) is 4.78. The fourth-order valence-electron chi connectivity index (χ4n) is 3.15. The summed E-state index contributed by atoms with van der Waals surface area (Å²) in [6, 6.07) is 17.1. The molecule has 1 amide bonds. The smallest absolute Gasteiger partial charge is 0.253 e. The molecule has 136 valence electrons. The number of carbonyl (C=O) groups excluding carboxylic acids is 1. The molecular formula is C21H19FN4O. The predicted molar refractivity (Wildman–Crippen MR) is 102 cm³/mol. The summed E-state index contributed by atoms with van der Waals surface area (Å²) >= 11 is 0. The van der Waals surface area contributed by atoms with Crippen molar-refractivity contribution in [1.82, 2.24) is 15.1 Å². The monoisotopic (exact) mass is 362 g/mol. The van der Waals surface area contributed by atoms with Crippen LogP contribution in [-0.4, -0.2) is 34.1 Å². The summed E-state index contributed by atoms with van der Waals surface area (Å²) in [6.07, 6.45) is 2.14. The summed E-state index contributed by atoms with van der Waals surface area (Å²) in [5.41, 5.74) is 2.91. The molecule has 1 saturated heterocycles. The molecular weight excluding hydrogens is 343 g/mol. The van der Waals surface area contributed by atoms with E-state index < -0.39 is 0 Å². The van der Waals surface area contributed by atoms with Gasteiger partial charge in [0.15, 0.2) is 5.82 Å². The van der Waals surface area contributed by atoms with Crippen LogP contribution >= 0.6 is 0 Å². The van der Waals surface area contributed by atoms with E-state index in [1.165, 1.54) is 12.1 Å². The largest absolute Gasteiger partial charge is 0.339 e. The Hall–Kier alpha value is -3.28. The van der Waals surface area contributed by atoms with Gasteiger partial charge in [0.25, 0.3) is 5.91 Å². The van der Waals surface area contributed by atoms with Crippen LogP contribution in [0.5, 0.6) is 0 Å². The van der Waals surface area contributed by atoms with Gasteiger partial charge < -0.3 is 10.2 Å². The molecule has 2 heterocycles. The number of likely N-dealkylation sites (tertiary alicyclic amines) is 1. The van der Waals surface area contributed by atoms with Gasteiger partial charge in [0, 0.05) is 29.9 Å². The molecule has 1 aliphatic rings. The zero-order chi connectivity index (χ0) is 18.6. The van der Waals surface area contributed by atoms with Gasteiger partial charge in [-0.1, -0.05) is 6.07 Å². The van der Waals surface area contributed by atoms with E-state index in [-0.39, 0.29) is 11.7 Å². The van der Waals surface area contributed by atoms with Crippen LogP contribution in [0.15, 0.2) is 60.7 Å². The zero-order valence-electron chi connectivity index (χ0n) is 14.7. The maximum Gasteiger partial charge on any atom is 0.253 e. The normalized spacial score (nSPS) is 13.6. The summed E-state index contributed by atoms with van der Waals surface area (Å²) in [6.45, 7) is 1.65. The van der Waals surface area contributed by atoms with Gasteiger partial charge in [0.05, 0.1) is 5.69 Å². The number of aromatic nitrogens is 2. The lowest BCUT2D eigenvalue weighted by atomic mass is 10.1. The first-order valence-corrected chi connectivity index (χ1v) is 8.95. The van der Waals surface area contributed by atoms with Crippen LogP contribution in [0.1, 0.15) is 23.2 Å². The van der Waals surface area contributed by atoms with Crippen molar-refractivity contribution in [2.75, 3.05) is 18.4 Å². The molecule has 0 unspecified atom stereocenters. The van der Waals surface area contributed by atoms with Gasteiger partial charge in [-0.05, 0) is 67.4 Å². The van der Waals surface area contributed by atoms with Crippen LogP contribution in [0.4, 0.5) is 15.9 Å². The topological polar surface area (TPSA) is 58.1 Å². The molecule has 0 bridgehead atoms. The van der Waals surface area contributed by atoms with Gasteiger partial charge in [-0.25, -0.2) is 4.39 Å². The molecule has 0 atom stereocenters. The Labute approximate surface area is 156 Å². The number of rotatable bonds is 4. The molecule has 3 aromatic rings. The third-order valence-corrected chi connectivity index (χ3v) is 4.58. The first-order chi connectivity index (χ1) is 13.2. The Balaban J connectivity index is 1.48. The van der Waals surface area contributed by atoms with Crippen LogP contribution in [0.2, 0.25) is 0 Å². The van der Waals surface area contributed by atoms with Crippen LogP contribution < -0.4 is 5.32 Å². The number of nitrogens with zero attached hydrogens (tertiary/aromatic N) is 3. The van der Waals surface area contributed by atoms with Crippen molar-refractivity contribution in [3.05, 3.63) is 72.0 Å². The molecule has 1 aliphatic heterocycles. The molecule has 0 spiro atoms. The van der Waals surface area contributed by atoms with E-state index in [1.807, 2.05) is 35.2 Å². The summed E-state index contributed by atoms with van der Waals surface area (Å²) in [7, 11) is 0. The number of carbonyl (C=O) groups is 1. The van der Waals surface area contributed by atoms with E-state index in [2.05, 4.69) is 15.5 Å². The van der Waals surface area contributed by atoms with E-state index >= 15 is 0 Å². The molecule has 0 aliphatic carbocycles. The van der Waals surface area contributed by atoms with Gasteiger partial charge in [0.1, 0.15) is 5.82 Å². The maximum atomic E-state index is 13.0. The average Bonchev–Trinajstić information content (AvgIpc) is 3.24. The van der Waals surface area contributed by atoms with Gasteiger partial charge >= 0.3 is 0 Å². The van der Waals surface area contributed by atoms with Crippen LogP contribution in [-0.2, 0) is 0 Å². The Morgan fingerprint density at radius 3 is 2.44 bits per heavy atom. The molecule has 0 radical (unpaired) electrons. The number of hydrogen-bond acceptors (Lipinski definition) is 4. The summed E-state index contributed by atoms with van der Waals surface area (Å²) in [5, 5.41) is 11.5. The Bertz CT molecular complexity index is 935. The molecule has 4 rings (SSSR count). The Morgan fingerprint density at radius 2 is 1.74 bits per heavy atom. The highest BCUT2D eigenvalue weighted by atomic mass is 19.1. The molecule has 1 fully saturated rings. The second-order valence-electron chi connectivity index (χ2n) is 6.52. The molecule has 1 N–H and O–H groups in total. The van der Waals surface area contributed by atoms with E-state index in [4.69, 9.17) is 0 Å². The standard InChI is InChI=1S/C21H19FN4O/c22-17-8-6-15(7-9-17)19-10-11-20(25-24-19)23-18-5-3-4-16(14-18)21(27)26-12-1-2-13-26/h3-11,14H,1-2,12-13H2,(H,23,25). The third kappa shape index (κ3) is 3.95. The van der Waals surface area contributed by atoms with Gasteiger partial charge in [-0.3, -0.25) is 4.79 Å². The van der Waals surface area contributed by atoms with Crippen LogP contribution in [0, 0.1) is 5.82 Å².